The highest BCUT2D eigenvalue weighted by atomic mass is 79.9. The van der Waals surface area contributed by atoms with Crippen molar-refractivity contribution >= 4 is 31.9 Å². The molecule has 2 fully saturated rings. The van der Waals surface area contributed by atoms with Crippen LogP contribution in [0.2, 0.25) is 0 Å². The van der Waals surface area contributed by atoms with Crippen LogP contribution in [0, 0.1) is 0 Å². The number of hydrogen-bond acceptors (Lipinski definition) is 2. The zero-order valence-corrected chi connectivity index (χ0v) is 10.8. The fourth-order valence-corrected chi connectivity index (χ4v) is 3.60. The third kappa shape index (κ3) is 1.96. The van der Waals surface area contributed by atoms with Crippen LogP contribution in [0.25, 0.3) is 0 Å². The minimum atomic E-state index is 0.405. The van der Waals surface area contributed by atoms with Gasteiger partial charge in [-0.25, -0.2) is 0 Å². The second-order valence-corrected chi connectivity index (χ2v) is 6.12. The quantitative estimate of drug-likeness (QED) is 0.748. The summed E-state index contributed by atoms with van der Waals surface area (Å²) >= 11 is 7.40. The molecule has 4 heteroatoms. The first kappa shape index (κ1) is 10.4. The largest absolute Gasteiger partial charge is 0.372 e. The summed E-state index contributed by atoms with van der Waals surface area (Å²) in [6, 6.07) is 0.552. The van der Waals surface area contributed by atoms with Crippen molar-refractivity contribution in [2.75, 3.05) is 7.05 Å². The van der Waals surface area contributed by atoms with E-state index in [1.54, 1.807) is 0 Å². The van der Waals surface area contributed by atoms with Gasteiger partial charge in [0.25, 0.3) is 0 Å². The topological polar surface area (TPSA) is 21.3 Å². The summed E-state index contributed by atoms with van der Waals surface area (Å²) < 4.78 is 5.97. The molecule has 2 nitrogen and oxygen atoms in total. The minimum Gasteiger partial charge on any atom is -0.372 e. The van der Waals surface area contributed by atoms with E-state index < -0.39 is 0 Å². The number of fused-ring (bicyclic) bond motifs is 2. The Morgan fingerprint density at radius 3 is 2.69 bits per heavy atom. The van der Waals surface area contributed by atoms with Gasteiger partial charge in [0.1, 0.15) is 0 Å². The number of likely N-dealkylation sites (N-methyl/N-ethyl adjacent to an activating group) is 1. The molecule has 0 amide bonds. The molecule has 2 bridgehead atoms. The van der Waals surface area contributed by atoms with Gasteiger partial charge in [0.2, 0.25) is 0 Å². The van der Waals surface area contributed by atoms with Crippen molar-refractivity contribution in [2.45, 2.75) is 47.2 Å². The summed E-state index contributed by atoms with van der Waals surface area (Å²) in [5, 5.41) is 3.33. The van der Waals surface area contributed by atoms with Crippen molar-refractivity contribution in [3.8, 4) is 0 Å². The summed E-state index contributed by atoms with van der Waals surface area (Å²) in [7, 11) is 2.03. The van der Waals surface area contributed by atoms with E-state index in [4.69, 9.17) is 4.74 Å². The van der Waals surface area contributed by atoms with Gasteiger partial charge in [-0.2, -0.15) is 0 Å². The number of hydrogen-bond donors (Lipinski definition) is 1. The summed E-state index contributed by atoms with van der Waals surface area (Å²) in [6.45, 7) is 0. The highest BCUT2D eigenvalue weighted by Gasteiger charge is 2.42. The van der Waals surface area contributed by atoms with Gasteiger partial charge in [-0.05, 0) is 26.3 Å². The Bertz CT molecular complexity index is 188. The first-order chi connectivity index (χ1) is 6.22. The molecule has 0 aromatic carbocycles. The lowest BCUT2D eigenvalue weighted by Gasteiger charge is -2.45. The first-order valence-electron chi connectivity index (χ1n) is 4.83. The van der Waals surface area contributed by atoms with E-state index in [-0.39, 0.29) is 0 Å². The molecule has 4 unspecified atom stereocenters. The van der Waals surface area contributed by atoms with E-state index in [1.807, 2.05) is 7.05 Å². The molecule has 2 rings (SSSR count). The van der Waals surface area contributed by atoms with Crippen LogP contribution in [0.15, 0.2) is 0 Å². The predicted molar refractivity (Wildman–Crippen MR) is 60.8 cm³/mol. The fraction of sp³-hybridized carbons (Fsp3) is 1.00. The third-order valence-electron chi connectivity index (χ3n) is 3.09. The van der Waals surface area contributed by atoms with Crippen LogP contribution in [0.3, 0.4) is 0 Å². The van der Waals surface area contributed by atoms with Crippen LogP contribution in [0.5, 0.6) is 0 Å². The number of ether oxygens (including phenoxy) is 1. The molecule has 0 aliphatic carbocycles. The maximum atomic E-state index is 5.97. The minimum absolute atomic E-state index is 0.405. The van der Waals surface area contributed by atoms with Gasteiger partial charge in [0.05, 0.1) is 17.0 Å². The lowest BCUT2D eigenvalue weighted by atomic mass is 9.88. The first-order valence-corrected chi connectivity index (χ1v) is 6.66. The Labute approximate surface area is 96.0 Å². The molecular formula is C9H15Br2NO. The monoisotopic (exact) mass is 311 g/mol. The Hall–Kier alpha value is 0.880. The van der Waals surface area contributed by atoms with Crippen molar-refractivity contribution in [3.63, 3.8) is 0 Å². The molecular weight excluding hydrogens is 298 g/mol. The maximum Gasteiger partial charge on any atom is 0.0743 e. The average Bonchev–Trinajstić information content (AvgIpc) is 2.15. The number of rotatable bonds is 1. The molecule has 2 heterocycles. The van der Waals surface area contributed by atoms with E-state index in [0.717, 1.165) is 6.42 Å². The molecule has 0 saturated carbocycles. The van der Waals surface area contributed by atoms with Crippen molar-refractivity contribution in [2.24, 2.45) is 0 Å². The van der Waals surface area contributed by atoms with Crippen LogP contribution in [-0.2, 0) is 4.74 Å². The Morgan fingerprint density at radius 2 is 2.00 bits per heavy atom. The van der Waals surface area contributed by atoms with Gasteiger partial charge in [0, 0.05) is 10.9 Å². The molecule has 2 saturated heterocycles. The molecule has 5 atom stereocenters. The standard InChI is InChI=1S/C9H15Br2NO/c1-12-6-2-3-7-9(11)5(10)4-8(6)13-7/h5-9,12H,2-4H2,1H3/t5-,6?,7?,8?,9?/m0/s1. The normalized spacial score (nSPS) is 50.5. The van der Waals surface area contributed by atoms with Crippen LogP contribution in [0.1, 0.15) is 19.3 Å². The highest BCUT2D eigenvalue weighted by molar-refractivity contribution is 9.12. The second kappa shape index (κ2) is 4.17. The highest BCUT2D eigenvalue weighted by Crippen LogP contribution is 2.38. The predicted octanol–water partition coefficient (Wildman–Crippen LogP) is 2.05. The SMILES string of the molecule is CNC1CCC2OC1C[C@H](Br)C2Br. The molecule has 13 heavy (non-hydrogen) atoms. The van der Waals surface area contributed by atoms with E-state index >= 15 is 0 Å². The second-order valence-electron chi connectivity index (χ2n) is 3.88. The van der Waals surface area contributed by atoms with Gasteiger partial charge < -0.3 is 10.1 Å². The zero-order chi connectivity index (χ0) is 9.42. The van der Waals surface area contributed by atoms with E-state index in [2.05, 4.69) is 37.2 Å². The Kier molecular flexibility index (Phi) is 3.34. The van der Waals surface area contributed by atoms with Gasteiger partial charge in [-0.1, -0.05) is 31.9 Å². The molecule has 0 spiro atoms. The Balaban J connectivity index is 2.05. The fourth-order valence-electron chi connectivity index (χ4n) is 2.29. The molecule has 76 valence electrons. The summed E-state index contributed by atoms with van der Waals surface area (Å²) in [6.07, 6.45) is 4.33. The Morgan fingerprint density at radius 1 is 1.23 bits per heavy atom. The van der Waals surface area contributed by atoms with Crippen LogP contribution in [-0.4, -0.2) is 35.0 Å². The molecule has 0 aromatic rings. The summed E-state index contributed by atoms with van der Waals surface area (Å²) in [5.74, 6) is 0. The third-order valence-corrected chi connectivity index (χ3v) is 5.97. The average molecular weight is 313 g/mol. The molecule has 2 aliphatic heterocycles. The lowest BCUT2D eigenvalue weighted by Crippen LogP contribution is -2.54. The molecule has 0 aromatic heterocycles. The number of nitrogens with one attached hydrogen (secondary N) is 1. The van der Waals surface area contributed by atoms with Crippen LogP contribution < -0.4 is 5.32 Å². The maximum absolute atomic E-state index is 5.97. The molecule has 0 radical (unpaired) electrons. The number of halogens is 2. The summed E-state index contributed by atoms with van der Waals surface area (Å²) in [4.78, 5) is 1.05. The van der Waals surface area contributed by atoms with Gasteiger partial charge in [-0.15, -0.1) is 0 Å². The zero-order valence-electron chi connectivity index (χ0n) is 7.67. The van der Waals surface area contributed by atoms with Crippen molar-refractivity contribution in [1.29, 1.82) is 0 Å². The van der Waals surface area contributed by atoms with Crippen LogP contribution >= 0.6 is 31.9 Å². The summed E-state index contributed by atoms with van der Waals surface area (Å²) in [5.41, 5.74) is 0. The van der Waals surface area contributed by atoms with E-state index in [1.165, 1.54) is 12.8 Å². The van der Waals surface area contributed by atoms with E-state index in [0.29, 0.717) is 27.9 Å². The lowest BCUT2D eigenvalue weighted by molar-refractivity contribution is -0.0905. The van der Waals surface area contributed by atoms with Gasteiger partial charge in [-0.3, -0.25) is 0 Å². The van der Waals surface area contributed by atoms with E-state index in [9.17, 15) is 0 Å². The van der Waals surface area contributed by atoms with Crippen molar-refractivity contribution in [1.82, 2.24) is 5.32 Å². The smallest absolute Gasteiger partial charge is 0.0743 e. The molecule has 2 aliphatic rings. The van der Waals surface area contributed by atoms with Crippen molar-refractivity contribution in [3.05, 3.63) is 0 Å². The van der Waals surface area contributed by atoms with Crippen LogP contribution in [0.4, 0.5) is 0 Å². The molecule has 1 N–H and O–H groups in total. The van der Waals surface area contributed by atoms with Gasteiger partial charge >= 0.3 is 0 Å². The number of alkyl halides is 2. The van der Waals surface area contributed by atoms with Crippen molar-refractivity contribution < 1.29 is 4.74 Å². The van der Waals surface area contributed by atoms with Gasteiger partial charge in [0.15, 0.2) is 0 Å².